The number of carbonyl (C=O) groups is 1. The molecule has 0 bridgehead atoms. The van der Waals surface area contributed by atoms with Crippen LogP contribution in [0.1, 0.15) is 5.56 Å². The summed E-state index contributed by atoms with van der Waals surface area (Å²) in [6.07, 6.45) is 0.308. The molecule has 0 aliphatic heterocycles. The summed E-state index contributed by atoms with van der Waals surface area (Å²) in [7, 11) is 0. The third kappa shape index (κ3) is 3.97. The number of aromatic nitrogens is 1. The summed E-state index contributed by atoms with van der Waals surface area (Å²) in [6.45, 7) is 0. The molecule has 0 aliphatic rings. The largest absolute Gasteiger partial charge is 0.435 e. The van der Waals surface area contributed by atoms with E-state index in [0.717, 1.165) is 11.1 Å². The molecule has 3 aromatic carbocycles. The summed E-state index contributed by atoms with van der Waals surface area (Å²) in [6, 6.07) is 20.2. The molecule has 0 radical (unpaired) electrons. The topological polar surface area (TPSA) is 55.1 Å². The second-order valence-corrected chi connectivity index (χ2v) is 6.89. The Hall–Kier alpha value is -2.82. The number of amides is 1. The van der Waals surface area contributed by atoms with Crippen molar-refractivity contribution < 1.29 is 9.21 Å². The quantitative estimate of drug-likeness (QED) is 0.461. The van der Waals surface area contributed by atoms with Gasteiger partial charge in [-0.3, -0.25) is 4.79 Å². The van der Waals surface area contributed by atoms with Gasteiger partial charge in [0.05, 0.1) is 11.4 Å². The molecule has 0 atom stereocenters. The highest BCUT2D eigenvalue weighted by Gasteiger charge is 2.13. The van der Waals surface area contributed by atoms with Crippen molar-refractivity contribution in [1.82, 2.24) is 4.98 Å². The van der Waals surface area contributed by atoms with Crippen LogP contribution in [0.15, 0.2) is 71.1 Å². The molecule has 4 aromatic rings. The van der Waals surface area contributed by atoms with Gasteiger partial charge in [0.1, 0.15) is 5.52 Å². The lowest BCUT2D eigenvalue weighted by Gasteiger charge is -2.06. The first-order valence-electron chi connectivity index (χ1n) is 8.28. The monoisotopic (exact) mass is 396 g/mol. The van der Waals surface area contributed by atoms with E-state index in [1.807, 2.05) is 54.6 Å². The van der Waals surface area contributed by atoms with Crippen LogP contribution in [0.5, 0.6) is 0 Å². The van der Waals surface area contributed by atoms with Crippen molar-refractivity contribution >= 4 is 45.9 Å². The Morgan fingerprint density at radius 1 is 1.00 bits per heavy atom. The van der Waals surface area contributed by atoms with Crippen LogP contribution in [-0.4, -0.2) is 10.9 Å². The molecule has 27 heavy (non-hydrogen) atoms. The van der Waals surface area contributed by atoms with E-state index < -0.39 is 0 Å². The fourth-order valence-electron chi connectivity index (χ4n) is 2.80. The molecule has 0 unspecified atom stereocenters. The third-order valence-electron chi connectivity index (χ3n) is 4.01. The van der Waals surface area contributed by atoms with Crippen LogP contribution < -0.4 is 5.32 Å². The van der Waals surface area contributed by atoms with Gasteiger partial charge in [0.15, 0.2) is 5.58 Å². The second kappa shape index (κ2) is 7.43. The zero-order chi connectivity index (χ0) is 18.8. The van der Waals surface area contributed by atoms with Crippen LogP contribution in [-0.2, 0) is 11.2 Å². The number of rotatable bonds is 4. The molecular weight excluding hydrogens is 383 g/mol. The van der Waals surface area contributed by atoms with E-state index in [0.29, 0.717) is 39.1 Å². The standard InChI is InChI=1S/C21H14Cl2N2O2/c22-15-11-17(23)20-18(12-15)25-21(27-20)14-7-4-8-16(10-14)24-19(26)9-13-5-2-1-3-6-13/h1-8,10-12H,9H2,(H,24,26). The van der Waals surface area contributed by atoms with E-state index in [4.69, 9.17) is 27.6 Å². The van der Waals surface area contributed by atoms with Crippen molar-refractivity contribution in [2.75, 3.05) is 5.32 Å². The SMILES string of the molecule is O=C(Cc1ccccc1)Nc1cccc(-c2nc3cc(Cl)cc(Cl)c3o2)c1. The number of oxazole rings is 1. The fourth-order valence-corrected chi connectivity index (χ4v) is 3.32. The number of hydrogen-bond acceptors (Lipinski definition) is 3. The van der Waals surface area contributed by atoms with Gasteiger partial charge >= 0.3 is 0 Å². The molecule has 134 valence electrons. The molecule has 0 saturated heterocycles. The van der Waals surface area contributed by atoms with Gasteiger partial charge < -0.3 is 9.73 Å². The van der Waals surface area contributed by atoms with E-state index in [-0.39, 0.29) is 5.91 Å². The van der Waals surface area contributed by atoms with Crippen LogP contribution in [0.3, 0.4) is 0 Å². The van der Waals surface area contributed by atoms with Gasteiger partial charge in [0.2, 0.25) is 11.8 Å². The summed E-state index contributed by atoms with van der Waals surface area (Å²) < 4.78 is 5.78. The minimum atomic E-state index is -0.0919. The molecule has 0 fully saturated rings. The van der Waals surface area contributed by atoms with Gasteiger partial charge in [-0.05, 0) is 35.9 Å². The molecule has 0 saturated carbocycles. The third-order valence-corrected chi connectivity index (χ3v) is 4.51. The Bertz CT molecular complexity index is 1120. The lowest BCUT2D eigenvalue weighted by molar-refractivity contribution is -0.115. The molecule has 1 amide bonds. The number of nitrogens with one attached hydrogen (secondary N) is 1. The number of carbonyl (C=O) groups excluding carboxylic acids is 1. The molecule has 6 heteroatoms. The fraction of sp³-hybridized carbons (Fsp3) is 0.0476. The van der Waals surface area contributed by atoms with Gasteiger partial charge in [-0.25, -0.2) is 4.98 Å². The molecule has 1 aromatic heterocycles. The zero-order valence-corrected chi connectivity index (χ0v) is 15.6. The number of hydrogen-bond donors (Lipinski definition) is 1. The summed E-state index contributed by atoms with van der Waals surface area (Å²) in [4.78, 5) is 16.7. The van der Waals surface area contributed by atoms with Crippen LogP contribution in [0.2, 0.25) is 10.0 Å². The maximum Gasteiger partial charge on any atom is 0.228 e. The lowest BCUT2D eigenvalue weighted by atomic mass is 10.1. The molecular formula is C21H14Cl2N2O2. The molecule has 1 heterocycles. The van der Waals surface area contributed by atoms with Crippen LogP contribution >= 0.6 is 23.2 Å². The number of fused-ring (bicyclic) bond motifs is 1. The van der Waals surface area contributed by atoms with Crippen molar-refractivity contribution in [1.29, 1.82) is 0 Å². The first-order chi connectivity index (χ1) is 13.1. The van der Waals surface area contributed by atoms with Gasteiger partial charge in [-0.2, -0.15) is 0 Å². The first kappa shape index (κ1) is 17.6. The van der Waals surface area contributed by atoms with Crippen molar-refractivity contribution in [2.45, 2.75) is 6.42 Å². The second-order valence-electron chi connectivity index (χ2n) is 6.05. The maximum atomic E-state index is 12.3. The highest BCUT2D eigenvalue weighted by Crippen LogP contribution is 2.32. The Labute approximate surface area is 165 Å². The van der Waals surface area contributed by atoms with Gasteiger partial charge in [-0.1, -0.05) is 59.6 Å². The molecule has 4 rings (SSSR count). The highest BCUT2D eigenvalue weighted by atomic mass is 35.5. The lowest BCUT2D eigenvalue weighted by Crippen LogP contribution is -2.14. The number of halogens is 2. The number of nitrogens with zero attached hydrogens (tertiary/aromatic N) is 1. The van der Waals surface area contributed by atoms with Crippen molar-refractivity contribution in [3.05, 3.63) is 82.3 Å². The average molecular weight is 397 g/mol. The van der Waals surface area contributed by atoms with Gasteiger partial charge in [-0.15, -0.1) is 0 Å². The average Bonchev–Trinajstić information content (AvgIpc) is 3.07. The summed E-state index contributed by atoms with van der Waals surface area (Å²) in [5.41, 5.74) is 3.42. The summed E-state index contributed by atoms with van der Waals surface area (Å²) in [5.74, 6) is 0.319. The molecule has 4 nitrogen and oxygen atoms in total. The zero-order valence-electron chi connectivity index (χ0n) is 14.1. The number of anilines is 1. The Morgan fingerprint density at radius 3 is 2.63 bits per heavy atom. The Morgan fingerprint density at radius 2 is 1.81 bits per heavy atom. The summed E-state index contributed by atoms with van der Waals surface area (Å²) >= 11 is 12.2. The smallest absolute Gasteiger partial charge is 0.228 e. The minimum Gasteiger partial charge on any atom is -0.435 e. The van der Waals surface area contributed by atoms with E-state index in [1.54, 1.807) is 12.1 Å². The van der Waals surface area contributed by atoms with E-state index in [9.17, 15) is 4.79 Å². The van der Waals surface area contributed by atoms with Crippen LogP contribution in [0.25, 0.3) is 22.6 Å². The van der Waals surface area contributed by atoms with E-state index >= 15 is 0 Å². The maximum absolute atomic E-state index is 12.3. The van der Waals surface area contributed by atoms with Crippen LogP contribution in [0.4, 0.5) is 5.69 Å². The molecule has 0 spiro atoms. The van der Waals surface area contributed by atoms with Gasteiger partial charge in [0.25, 0.3) is 0 Å². The van der Waals surface area contributed by atoms with Crippen molar-refractivity contribution in [3.63, 3.8) is 0 Å². The number of benzene rings is 3. The predicted molar refractivity (Wildman–Crippen MR) is 108 cm³/mol. The van der Waals surface area contributed by atoms with E-state index in [1.165, 1.54) is 0 Å². The molecule has 1 N–H and O–H groups in total. The Kier molecular flexibility index (Phi) is 4.84. The van der Waals surface area contributed by atoms with Crippen molar-refractivity contribution in [3.8, 4) is 11.5 Å². The minimum absolute atomic E-state index is 0.0919. The van der Waals surface area contributed by atoms with E-state index in [2.05, 4.69) is 10.3 Å². The van der Waals surface area contributed by atoms with Crippen molar-refractivity contribution in [2.24, 2.45) is 0 Å². The first-order valence-corrected chi connectivity index (χ1v) is 9.04. The van der Waals surface area contributed by atoms with Gasteiger partial charge in [0, 0.05) is 16.3 Å². The predicted octanol–water partition coefficient (Wildman–Crippen LogP) is 5.98. The normalized spacial score (nSPS) is 10.9. The van der Waals surface area contributed by atoms with Crippen LogP contribution in [0, 0.1) is 0 Å². The molecule has 0 aliphatic carbocycles. The highest BCUT2D eigenvalue weighted by molar-refractivity contribution is 6.38. The summed E-state index contributed by atoms with van der Waals surface area (Å²) in [5, 5.41) is 3.80. The Balaban J connectivity index is 1.57.